The molecule has 0 N–H and O–H groups in total. The molecule has 0 saturated heterocycles. The Kier molecular flexibility index (Phi) is 6.73. The smallest absolute Gasteiger partial charge is 0.214 e. The Bertz CT molecular complexity index is 804. The molecule has 152 valence electrons. The van der Waals surface area contributed by atoms with Crippen LogP contribution in [0.2, 0.25) is 0 Å². The van der Waals surface area contributed by atoms with Crippen molar-refractivity contribution >= 4 is 27.6 Å². The van der Waals surface area contributed by atoms with E-state index >= 15 is 0 Å². The van der Waals surface area contributed by atoms with E-state index < -0.39 is 20.2 Å². The van der Waals surface area contributed by atoms with Gasteiger partial charge in [0, 0.05) is 12.1 Å². The van der Waals surface area contributed by atoms with Gasteiger partial charge in [0.25, 0.3) is 15.5 Å². The molecule has 0 amide bonds. The zero-order chi connectivity index (χ0) is 20.3. The van der Waals surface area contributed by atoms with Crippen LogP contribution in [0.5, 0.6) is 0 Å². The van der Waals surface area contributed by atoms with Crippen LogP contribution in [0.1, 0.15) is 52.4 Å². The summed E-state index contributed by atoms with van der Waals surface area (Å²) in [6.07, 6.45) is 8.69. The molecule has 27 heavy (non-hydrogen) atoms. The van der Waals surface area contributed by atoms with Gasteiger partial charge in [-0.3, -0.25) is 0 Å². The summed E-state index contributed by atoms with van der Waals surface area (Å²) < 4.78 is 64.8. The van der Waals surface area contributed by atoms with Crippen molar-refractivity contribution in [2.75, 3.05) is 20.1 Å². The van der Waals surface area contributed by atoms with Gasteiger partial charge >= 0.3 is 11.8 Å². The molecule has 1 aliphatic rings. The van der Waals surface area contributed by atoms with Gasteiger partial charge < -0.3 is 0 Å². The maximum absolute atomic E-state index is 12.9. The zero-order valence-electron chi connectivity index (χ0n) is 16.2. The van der Waals surface area contributed by atoms with Crippen LogP contribution in [-0.2, 0) is 9.84 Å². The van der Waals surface area contributed by atoms with Crippen LogP contribution in [-0.4, -0.2) is 45.0 Å². The molecule has 0 aromatic heterocycles. The van der Waals surface area contributed by atoms with E-state index in [9.17, 15) is 21.6 Å². The van der Waals surface area contributed by atoms with Crippen molar-refractivity contribution < 1.29 is 26.2 Å². The number of quaternary nitrogens is 1. The monoisotopic (exact) mass is 406 g/mol. The molecular weight excluding hydrogens is 377 g/mol. The number of sulfone groups is 1. The van der Waals surface area contributed by atoms with Gasteiger partial charge in [0.15, 0.2) is 6.54 Å². The van der Waals surface area contributed by atoms with E-state index in [1.807, 2.05) is 24.9 Å². The number of halogens is 3. The Hall–Kier alpha value is -1.41. The van der Waals surface area contributed by atoms with E-state index in [1.165, 1.54) is 31.4 Å². The summed E-state index contributed by atoms with van der Waals surface area (Å²) in [7, 11) is -3.43. The molecule has 1 heterocycles. The number of hydrogen-bond donors (Lipinski definition) is 0. The maximum Gasteiger partial charge on any atom is 0.501 e. The standard InChI is InChI=1S/C19H29F3N2O2S/c1-4-6-7-8-9-10-13-24(3)15-23(5-2)17-12-11-16(14-18(17)24)27(25,26)19(20,21)22/h11-12,14-15H,4-10,13H2,1-3H3/q+2. The average Bonchev–Trinajstić information content (AvgIpc) is 2.89. The predicted octanol–water partition coefficient (Wildman–Crippen LogP) is 4.98. The lowest BCUT2D eigenvalue weighted by Crippen LogP contribution is -2.43. The Labute approximate surface area is 159 Å². The van der Waals surface area contributed by atoms with Crippen LogP contribution in [0.15, 0.2) is 23.1 Å². The highest BCUT2D eigenvalue weighted by atomic mass is 32.2. The Balaban J connectivity index is 2.28. The van der Waals surface area contributed by atoms with Crippen LogP contribution in [0.3, 0.4) is 0 Å². The first-order valence-corrected chi connectivity index (χ1v) is 11.0. The Morgan fingerprint density at radius 2 is 1.67 bits per heavy atom. The fourth-order valence-electron chi connectivity index (χ4n) is 3.54. The van der Waals surface area contributed by atoms with E-state index in [4.69, 9.17) is 0 Å². The normalized spacial score (nSPS) is 19.9. The van der Waals surface area contributed by atoms with Crippen LogP contribution < -0.4 is 4.48 Å². The summed E-state index contributed by atoms with van der Waals surface area (Å²) in [5, 5.41) is 0. The summed E-state index contributed by atoms with van der Waals surface area (Å²) in [6.45, 7) is 5.52. The summed E-state index contributed by atoms with van der Waals surface area (Å²) in [6, 6.07) is 3.73. The maximum atomic E-state index is 12.9. The summed E-state index contributed by atoms with van der Waals surface area (Å²) >= 11 is 0. The first-order chi connectivity index (χ1) is 12.6. The molecule has 0 saturated carbocycles. The lowest BCUT2D eigenvalue weighted by Gasteiger charge is -2.22. The molecule has 1 aromatic carbocycles. The van der Waals surface area contributed by atoms with Gasteiger partial charge in [-0.1, -0.05) is 32.6 Å². The number of nitrogens with zero attached hydrogens (tertiary/aromatic N) is 2. The highest BCUT2D eigenvalue weighted by Gasteiger charge is 2.49. The number of hydrogen-bond acceptors (Lipinski definition) is 2. The average molecular weight is 407 g/mol. The Morgan fingerprint density at radius 3 is 2.26 bits per heavy atom. The van der Waals surface area contributed by atoms with Crippen LogP contribution in [0.25, 0.3) is 0 Å². The molecule has 1 aromatic rings. The van der Waals surface area contributed by atoms with Gasteiger partial charge in [0.05, 0.1) is 18.5 Å². The molecule has 0 radical (unpaired) electrons. The topological polar surface area (TPSA) is 37.1 Å². The minimum absolute atomic E-state index is 0.318. The van der Waals surface area contributed by atoms with Gasteiger partial charge in [-0.05, 0) is 25.8 Å². The first kappa shape index (κ1) is 21.9. The summed E-state index contributed by atoms with van der Waals surface area (Å²) in [5.74, 6) is 0. The van der Waals surface area contributed by atoms with Gasteiger partial charge in [-0.25, -0.2) is 12.9 Å². The second kappa shape index (κ2) is 8.31. The van der Waals surface area contributed by atoms with Crippen molar-refractivity contribution in [3.05, 3.63) is 18.2 Å². The minimum atomic E-state index is -5.35. The van der Waals surface area contributed by atoms with Crippen LogP contribution in [0.4, 0.5) is 24.5 Å². The van der Waals surface area contributed by atoms with E-state index in [0.29, 0.717) is 16.7 Å². The van der Waals surface area contributed by atoms with Crippen molar-refractivity contribution in [1.82, 2.24) is 4.48 Å². The molecular formula is C19H29F3N2O2S+2. The number of alkyl halides is 3. The number of rotatable bonds is 9. The van der Waals surface area contributed by atoms with Crippen molar-refractivity contribution in [3.63, 3.8) is 0 Å². The fraction of sp³-hybridized carbons (Fsp3) is 0.632. The molecule has 0 aliphatic carbocycles. The minimum Gasteiger partial charge on any atom is -0.214 e. The largest absolute Gasteiger partial charge is 0.501 e. The molecule has 0 fully saturated rings. The van der Waals surface area contributed by atoms with E-state index in [2.05, 4.69) is 6.92 Å². The third kappa shape index (κ3) is 4.54. The van der Waals surface area contributed by atoms with Crippen LogP contribution in [0, 0.1) is 0 Å². The van der Waals surface area contributed by atoms with Crippen LogP contribution >= 0.6 is 0 Å². The van der Waals surface area contributed by atoms with E-state index in [0.717, 1.165) is 37.6 Å². The van der Waals surface area contributed by atoms with Crippen molar-refractivity contribution in [3.8, 4) is 0 Å². The third-order valence-electron chi connectivity index (χ3n) is 5.13. The van der Waals surface area contributed by atoms with Gasteiger partial charge in [0.2, 0.25) is 5.69 Å². The number of unbranched alkanes of at least 4 members (excludes halogenated alkanes) is 5. The first-order valence-electron chi connectivity index (χ1n) is 9.50. The van der Waals surface area contributed by atoms with Gasteiger partial charge in [-0.15, -0.1) is 4.58 Å². The van der Waals surface area contributed by atoms with E-state index in [-0.39, 0.29) is 0 Å². The van der Waals surface area contributed by atoms with E-state index in [1.54, 1.807) is 0 Å². The third-order valence-corrected chi connectivity index (χ3v) is 6.62. The number of benzene rings is 1. The lowest BCUT2D eigenvalue weighted by molar-refractivity contribution is -0.429. The second-order valence-corrected chi connectivity index (χ2v) is 9.20. The predicted molar refractivity (Wildman–Crippen MR) is 102 cm³/mol. The molecule has 4 nitrogen and oxygen atoms in total. The highest BCUT2D eigenvalue weighted by Crippen LogP contribution is 2.40. The Morgan fingerprint density at radius 1 is 1.04 bits per heavy atom. The summed E-state index contributed by atoms with van der Waals surface area (Å²) in [4.78, 5) is -0.688. The second-order valence-electron chi connectivity index (χ2n) is 7.26. The molecule has 1 atom stereocenters. The molecule has 1 unspecified atom stereocenters. The molecule has 0 spiro atoms. The lowest BCUT2D eigenvalue weighted by atomic mass is 10.1. The van der Waals surface area contributed by atoms with Gasteiger partial charge in [0.1, 0.15) is 0 Å². The SMILES string of the molecule is CCCCCCCC[N+]1(C)C=[N+](CC)c2ccc(S(=O)(=O)C(F)(F)F)cc21. The fourth-order valence-corrected chi connectivity index (χ4v) is 4.32. The zero-order valence-corrected chi connectivity index (χ0v) is 17.0. The van der Waals surface area contributed by atoms with Crippen molar-refractivity contribution in [2.45, 2.75) is 62.8 Å². The highest BCUT2D eigenvalue weighted by molar-refractivity contribution is 7.92. The van der Waals surface area contributed by atoms with Crippen molar-refractivity contribution in [1.29, 1.82) is 0 Å². The number of fused-ring (bicyclic) bond motifs is 1. The molecule has 1 aliphatic heterocycles. The summed E-state index contributed by atoms with van der Waals surface area (Å²) in [5.41, 5.74) is -3.92. The molecule has 0 bridgehead atoms. The van der Waals surface area contributed by atoms with Gasteiger partial charge in [-0.2, -0.15) is 13.2 Å². The van der Waals surface area contributed by atoms with Crippen molar-refractivity contribution in [2.24, 2.45) is 0 Å². The quantitative estimate of drug-likeness (QED) is 0.329. The molecule has 8 heteroatoms. The molecule has 2 rings (SSSR count).